The van der Waals surface area contributed by atoms with Gasteiger partial charge in [-0.25, -0.2) is 4.39 Å². The van der Waals surface area contributed by atoms with E-state index >= 15 is 0 Å². The molecule has 0 heterocycles. The molecule has 66 valence electrons. The number of benzene rings is 1. The second-order valence-electron chi connectivity index (χ2n) is 3.11. The summed E-state index contributed by atoms with van der Waals surface area (Å²) in [6.45, 7) is 1.93. The minimum absolute atomic E-state index is 0.127. The normalized spacial score (nSPS) is 12.9. The van der Waals surface area contributed by atoms with Gasteiger partial charge in [-0.15, -0.1) is 0 Å². The van der Waals surface area contributed by atoms with E-state index in [0.717, 1.165) is 18.4 Å². The van der Waals surface area contributed by atoms with Crippen molar-refractivity contribution in [2.45, 2.75) is 25.8 Å². The molecule has 1 aromatic rings. The maximum Gasteiger partial charge on any atom is 0.126 e. The van der Waals surface area contributed by atoms with E-state index in [9.17, 15) is 4.39 Å². The maximum atomic E-state index is 13.0. The minimum Gasteiger partial charge on any atom is -0.328 e. The van der Waals surface area contributed by atoms with E-state index in [-0.39, 0.29) is 11.9 Å². The van der Waals surface area contributed by atoms with Gasteiger partial charge in [0, 0.05) is 6.04 Å². The Balaban J connectivity index is 2.57. The summed E-state index contributed by atoms with van der Waals surface area (Å²) < 4.78 is 13.0. The molecule has 0 amide bonds. The molecule has 0 bridgehead atoms. The Kier molecular flexibility index (Phi) is 3.23. The van der Waals surface area contributed by atoms with E-state index < -0.39 is 0 Å². The van der Waals surface area contributed by atoms with Crippen molar-refractivity contribution in [2.75, 3.05) is 0 Å². The van der Waals surface area contributed by atoms with Crippen LogP contribution in [0.2, 0.25) is 0 Å². The van der Waals surface area contributed by atoms with Crippen LogP contribution in [0.3, 0.4) is 0 Å². The summed E-state index contributed by atoms with van der Waals surface area (Å²) in [6.07, 6.45) is 1.56. The quantitative estimate of drug-likeness (QED) is 0.733. The van der Waals surface area contributed by atoms with Crippen LogP contribution in [-0.2, 0) is 6.42 Å². The summed E-state index contributed by atoms with van der Waals surface area (Å²) in [6, 6.07) is 6.98. The lowest BCUT2D eigenvalue weighted by atomic mass is 10.1. The van der Waals surface area contributed by atoms with E-state index in [2.05, 4.69) is 0 Å². The van der Waals surface area contributed by atoms with Gasteiger partial charge in [-0.2, -0.15) is 0 Å². The number of hydrogen-bond acceptors (Lipinski definition) is 1. The first kappa shape index (κ1) is 9.20. The van der Waals surface area contributed by atoms with Crippen molar-refractivity contribution >= 4 is 0 Å². The predicted octanol–water partition coefficient (Wildman–Crippen LogP) is 2.11. The van der Waals surface area contributed by atoms with Crippen molar-refractivity contribution in [1.82, 2.24) is 0 Å². The van der Waals surface area contributed by atoms with Crippen LogP contribution in [0, 0.1) is 5.82 Å². The fourth-order valence-electron chi connectivity index (χ4n) is 1.08. The zero-order chi connectivity index (χ0) is 8.97. The highest BCUT2D eigenvalue weighted by Crippen LogP contribution is 2.09. The Bertz CT molecular complexity index is 245. The Morgan fingerprint density at radius 3 is 2.67 bits per heavy atom. The first-order valence-electron chi connectivity index (χ1n) is 4.19. The molecule has 0 aliphatic heterocycles. The van der Waals surface area contributed by atoms with Crippen LogP contribution in [0.4, 0.5) is 4.39 Å². The molecule has 2 N–H and O–H groups in total. The van der Waals surface area contributed by atoms with E-state index in [4.69, 9.17) is 5.73 Å². The van der Waals surface area contributed by atoms with Gasteiger partial charge in [0.2, 0.25) is 0 Å². The third-order valence-electron chi connectivity index (χ3n) is 1.83. The highest BCUT2D eigenvalue weighted by Gasteiger charge is 2.01. The zero-order valence-electron chi connectivity index (χ0n) is 7.26. The first-order chi connectivity index (χ1) is 5.70. The smallest absolute Gasteiger partial charge is 0.126 e. The summed E-state index contributed by atoms with van der Waals surface area (Å²) in [5.41, 5.74) is 6.33. The van der Waals surface area contributed by atoms with Gasteiger partial charge < -0.3 is 5.73 Å². The van der Waals surface area contributed by atoms with E-state index in [1.54, 1.807) is 12.1 Å². The third-order valence-corrected chi connectivity index (χ3v) is 1.83. The highest BCUT2D eigenvalue weighted by molar-refractivity contribution is 5.17. The number of nitrogens with two attached hydrogens (primary N) is 1. The van der Waals surface area contributed by atoms with Gasteiger partial charge in [0.05, 0.1) is 0 Å². The number of aryl methyl sites for hydroxylation is 1. The van der Waals surface area contributed by atoms with Gasteiger partial charge in [0.25, 0.3) is 0 Å². The van der Waals surface area contributed by atoms with E-state index in [1.807, 2.05) is 13.0 Å². The van der Waals surface area contributed by atoms with Crippen molar-refractivity contribution < 1.29 is 4.39 Å². The second-order valence-corrected chi connectivity index (χ2v) is 3.11. The van der Waals surface area contributed by atoms with Gasteiger partial charge in [-0.1, -0.05) is 18.2 Å². The Hall–Kier alpha value is -0.890. The first-order valence-corrected chi connectivity index (χ1v) is 4.19. The molecule has 0 saturated carbocycles. The fourth-order valence-corrected chi connectivity index (χ4v) is 1.08. The van der Waals surface area contributed by atoms with Crippen LogP contribution in [0.5, 0.6) is 0 Å². The summed E-state index contributed by atoms with van der Waals surface area (Å²) in [4.78, 5) is 0. The standard InChI is InChI=1S/C10H14FN/c1-8(12)6-7-9-4-2-3-5-10(9)11/h2-5,8H,6-7,12H2,1H3. The molecular weight excluding hydrogens is 153 g/mol. The average molecular weight is 167 g/mol. The summed E-state index contributed by atoms with van der Waals surface area (Å²) in [5, 5.41) is 0. The molecule has 0 aromatic heterocycles. The molecule has 0 radical (unpaired) electrons. The largest absolute Gasteiger partial charge is 0.328 e. The van der Waals surface area contributed by atoms with Crippen LogP contribution in [0.1, 0.15) is 18.9 Å². The molecule has 2 heteroatoms. The van der Waals surface area contributed by atoms with Crippen molar-refractivity contribution in [2.24, 2.45) is 5.73 Å². The van der Waals surface area contributed by atoms with Gasteiger partial charge in [0.1, 0.15) is 5.82 Å². The van der Waals surface area contributed by atoms with Crippen molar-refractivity contribution in [3.05, 3.63) is 35.6 Å². The van der Waals surface area contributed by atoms with Crippen LogP contribution in [0.25, 0.3) is 0 Å². The van der Waals surface area contributed by atoms with Crippen LogP contribution < -0.4 is 5.73 Å². The molecule has 1 nitrogen and oxygen atoms in total. The van der Waals surface area contributed by atoms with Gasteiger partial charge in [-0.3, -0.25) is 0 Å². The number of rotatable bonds is 3. The molecule has 1 rings (SSSR count). The Labute approximate surface area is 72.4 Å². The molecule has 0 spiro atoms. The lowest BCUT2D eigenvalue weighted by Gasteiger charge is -2.05. The molecule has 0 aliphatic carbocycles. The van der Waals surface area contributed by atoms with Crippen LogP contribution in [-0.4, -0.2) is 6.04 Å². The van der Waals surface area contributed by atoms with Crippen LogP contribution in [0.15, 0.2) is 24.3 Å². The van der Waals surface area contributed by atoms with Crippen molar-refractivity contribution in [1.29, 1.82) is 0 Å². The van der Waals surface area contributed by atoms with E-state index in [0.29, 0.717) is 0 Å². The van der Waals surface area contributed by atoms with Gasteiger partial charge >= 0.3 is 0 Å². The molecule has 12 heavy (non-hydrogen) atoms. The summed E-state index contributed by atoms with van der Waals surface area (Å²) in [7, 11) is 0. The third kappa shape index (κ3) is 2.62. The molecule has 1 atom stereocenters. The number of halogens is 1. The van der Waals surface area contributed by atoms with Crippen LogP contribution >= 0.6 is 0 Å². The number of hydrogen-bond donors (Lipinski definition) is 1. The zero-order valence-corrected chi connectivity index (χ0v) is 7.26. The van der Waals surface area contributed by atoms with Gasteiger partial charge in [0.15, 0.2) is 0 Å². The topological polar surface area (TPSA) is 26.0 Å². The summed E-state index contributed by atoms with van der Waals surface area (Å²) >= 11 is 0. The van der Waals surface area contributed by atoms with Crippen molar-refractivity contribution in [3.8, 4) is 0 Å². The Morgan fingerprint density at radius 1 is 1.42 bits per heavy atom. The van der Waals surface area contributed by atoms with Gasteiger partial charge in [-0.05, 0) is 31.4 Å². The lowest BCUT2D eigenvalue weighted by molar-refractivity contribution is 0.590. The fraction of sp³-hybridized carbons (Fsp3) is 0.400. The molecule has 1 unspecified atom stereocenters. The van der Waals surface area contributed by atoms with E-state index in [1.165, 1.54) is 6.07 Å². The molecular formula is C10H14FN. The average Bonchev–Trinajstić information content (AvgIpc) is 2.03. The monoisotopic (exact) mass is 167 g/mol. The summed E-state index contributed by atoms with van der Waals surface area (Å²) in [5.74, 6) is -0.127. The SMILES string of the molecule is CC(N)CCc1ccccc1F. The molecule has 0 aliphatic rings. The lowest BCUT2D eigenvalue weighted by Crippen LogP contribution is -2.15. The molecule has 1 aromatic carbocycles. The molecule has 0 saturated heterocycles. The Morgan fingerprint density at radius 2 is 2.08 bits per heavy atom. The minimum atomic E-state index is -0.127. The maximum absolute atomic E-state index is 13.0. The van der Waals surface area contributed by atoms with Crippen molar-refractivity contribution in [3.63, 3.8) is 0 Å². The molecule has 0 fully saturated rings. The predicted molar refractivity (Wildman–Crippen MR) is 48.4 cm³/mol. The highest BCUT2D eigenvalue weighted by atomic mass is 19.1. The second kappa shape index (κ2) is 4.21.